The van der Waals surface area contributed by atoms with E-state index in [1.165, 1.54) is 17.1 Å². The van der Waals surface area contributed by atoms with E-state index in [4.69, 9.17) is 14.2 Å². The summed E-state index contributed by atoms with van der Waals surface area (Å²) >= 11 is 0. The Balaban J connectivity index is 0.917. The molecule has 0 unspecified atom stereocenters. The minimum absolute atomic E-state index is 0.150. The molecule has 51 heavy (non-hydrogen) atoms. The molecule has 0 atom stereocenters. The first-order valence-corrected chi connectivity index (χ1v) is 17.0. The zero-order valence-corrected chi connectivity index (χ0v) is 27.4. The molecule has 2 aliphatic heterocycles. The van der Waals surface area contributed by atoms with Gasteiger partial charge in [-0.1, -0.05) is 42.0 Å². The third kappa shape index (κ3) is 6.79. The Morgan fingerprint density at radius 1 is 0.961 bits per heavy atom. The molecule has 7 rings (SSSR count). The molecule has 1 fully saturated rings. The Labute approximate surface area is 287 Å². The molecule has 4 heterocycles. The van der Waals surface area contributed by atoms with Crippen molar-refractivity contribution in [1.82, 2.24) is 29.4 Å². The molecule has 3 aromatic carbocycles. The number of halogens is 3. The van der Waals surface area contributed by atoms with Gasteiger partial charge in [-0.05, 0) is 49.4 Å². The van der Waals surface area contributed by atoms with Crippen LogP contribution in [0.5, 0.6) is 0 Å². The number of alkyl halides is 3. The van der Waals surface area contributed by atoms with Crippen molar-refractivity contribution >= 4 is 27.9 Å². The Hall–Kier alpha value is -5.98. The van der Waals surface area contributed by atoms with E-state index >= 15 is 0 Å². The highest BCUT2D eigenvalue weighted by Crippen LogP contribution is 2.33. The van der Waals surface area contributed by atoms with E-state index in [0.29, 0.717) is 31.5 Å². The van der Waals surface area contributed by atoms with Crippen LogP contribution in [0.2, 0.25) is 0 Å². The van der Waals surface area contributed by atoms with Gasteiger partial charge in [0.05, 0.1) is 27.4 Å². The lowest BCUT2D eigenvalue weighted by molar-refractivity contribution is -0.141. The number of carbonyl (C=O) groups is 3. The Bertz CT molecular complexity index is 2180. The summed E-state index contributed by atoms with van der Waals surface area (Å²) in [5.74, 6) is -0.965. The number of carbonyl (C=O) groups excluding carboxylic acids is 3. The van der Waals surface area contributed by atoms with Crippen LogP contribution >= 0.6 is 0 Å². The van der Waals surface area contributed by atoms with Crippen LogP contribution in [0.4, 0.5) is 18.0 Å². The lowest BCUT2D eigenvalue weighted by Gasteiger charge is -2.28. The quantitative estimate of drug-likeness (QED) is 0.220. The normalized spacial score (nSPS) is 15.4. The zero-order valence-electron chi connectivity index (χ0n) is 26.6. The van der Waals surface area contributed by atoms with Gasteiger partial charge in [-0.25, -0.2) is 27.5 Å². The molecule has 1 saturated heterocycles. The van der Waals surface area contributed by atoms with Crippen LogP contribution in [0, 0.1) is 6.92 Å². The maximum atomic E-state index is 13.6. The van der Waals surface area contributed by atoms with Gasteiger partial charge in [0, 0.05) is 36.5 Å². The predicted molar refractivity (Wildman–Crippen MR) is 170 cm³/mol. The summed E-state index contributed by atoms with van der Waals surface area (Å²) in [6, 6.07) is 19.0. The van der Waals surface area contributed by atoms with Gasteiger partial charge in [0.25, 0.3) is 21.8 Å². The van der Waals surface area contributed by atoms with Gasteiger partial charge in [-0.3, -0.25) is 14.6 Å². The third-order valence-corrected chi connectivity index (χ3v) is 9.65. The number of nitrogens with zero attached hydrogens (tertiary/aromatic N) is 6. The van der Waals surface area contributed by atoms with Crippen molar-refractivity contribution in [2.75, 3.05) is 24.8 Å². The molecule has 5 aromatic rings. The molecule has 0 saturated carbocycles. The van der Waals surface area contributed by atoms with Crippen molar-refractivity contribution < 1.29 is 50.2 Å². The zero-order chi connectivity index (χ0) is 36.1. The van der Waals surface area contributed by atoms with Gasteiger partial charge in [0.1, 0.15) is 11.1 Å². The SMILES string of the molecule is Cc1ccc(-c2cc(C(F)(F)F)nn2-c2ccc(S(=O)(=O)NC(=O)OC3CCN(n4on4OCN4C(=O)c5ccccc5C4=O)CC3)cc2)cc1. The molecule has 19 heteroatoms. The molecular weight excluding hydrogens is 699 g/mol. The van der Waals surface area contributed by atoms with Crippen LogP contribution in [0.25, 0.3) is 16.9 Å². The standard InChI is InChI=1S/C32H28F3N7O8S/c1-20-6-8-21(9-7-20)27-18-28(32(33,34)35)36-40(27)22-10-12-24(13-11-22)51(46,47)37-31(45)49-23-14-16-38(17-15-23)41-42(50-41)48-19-39-29(43)25-4-2-3-5-26(25)30(39)44/h2-13,18,23H,14-17,19H2,1H3,(H,37,45). The molecule has 0 aliphatic carbocycles. The van der Waals surface area contributed by atoms with Gasteiger partial charge >= 0.3 is 12.3 Å². The molecule has 2 aliphatic rings. The van der Waals surface area contributed by atoms with Crippen LogP contribution in [0.15, 0.2) is 88.4 Å². The van der Waals surface area contributed by atoms with Crippen molar-refractivity contribution in [3.05, 3.63) is 101 Å². The number of rotatable bonds is 9. The van der Waals surface area contributed by atoms with Crippen LogP contribution in [0.3, 0.4) is 0 Å². The lowest BCUT2D eigenvalue weighted by atomic mass is 10.1. The van der Waals surface area contributed by atoms with E-state index < -0.39 is 45.9 Å². The summed E-state index contributed by atoms with van der Waals surface area (Å²) in [4.78, 5) is 44.9. The number of amides is 3. The molecule has 2 aromatic heterocycles. The van der Waals surface area contributed by atoms with Crippen molar-refractivity contribution in [2.24, 2.45) is 0 Å². The molecule has 0 bridgehead atoms. The van der Waals surface area contributed by atoms with E-state index in [9.17, 15) is 36.0 Å². The van der Waals surface area contributed by atoms with Crippen LogP contribution in [0.1, 0.15) is 44.8 Å². The molecule has 0 radical (unpaired) electrons. The number of hydrogen-bond donors (Lipinski definition) is 1. The molecule has 1 N–H and O–H groups in total. The fourth-order valence-corrected chi connectivity index (χ4v) is 6.51. The second kappa shape index (κ2) is 12.7. The van der Waals surface area contributed by atoms with E-state index in [-0.39, 0.29) is 34.1 Å². The number of piperidine rings is 1. The second-order valence-corrected chi connectivity index (χ2v) is 13.4. The molecule has 15 nitrogen and oxygen atoms in total. The number of sulfonamides is 1. The number of ether oxygens (including phenoxy) is 1. The van der Waals surface area contributed by atoms with Crippen molar-refractivity contribution in [3.8, 4) is 16.9 Å². The van der Waals surface area contributed by atoms with Crippen LogP contribution in [-0.4, -0.2) is 76.9 Å². The number of benzene rings is 3. The van der Waals surface area contributed by atoms with E-state index in [1.54, 1.807) is 53.5 Å². The number of fused-ring (bicyclic) bond motifs is 1. The smallest absolute Gasteiger partial charge is 0.435 e. The molecule has 266 valence electrons. The highest BCUT2D eigenvalue weighted by molar-refractivity contribution is 7.90. The number of nitrogens with one attached hydrogen (secondary N) is 1. The van der Waals surface area contributed by atoms with Crippen molar-refractivity contribution in [3.63, 3.8) is 0 Å². The summed E-state index contributed by atoms with van der Waals surface area (Å²) in [6.45, 7) is 2.12. The Morgan fingerprint density at radius 3 is 2.20 bits per heavy atom. The average molecular weight is 728 g/mol. The minimum atomic E-state index is -4.71. The highest BCUT2D eigenvalue weighted by Gasteiger charge is 2.38. The number of imide groups is 1. The summed E-state index contributed by atoms with van der Waals surface area (Å²) < 4.78 is 80.1. The van der Waals surface area contributed by atoms with Gasteiger partial charge in [-0.2, -0.15) is 22.9 Å². The third-order valence-electron chi connectivity index (χ3n) is 8.32. The summed E-state index contributed by atoms with van der Waals surface area (Å²) in [5.41, 5.74) is 1.16. The molecule has 3 amide bonds. The second-order valence-electron chi connectivity index (χ2n) is 11.8. The summed E-state index contributed by atoms with van der Waals surface area (Å²) in [7, 11) is -4.40. The van der Waals surface area contributed by atoms with Crippen molar-refractivity contribution in [1.29, 1.82) is 0 Å². The summed E-state index contributed by atoms with van der Waals surface area (Å²) in [6.07, 6.45) is -5.92. The van der Waals surface area contributed by atoms with E-state index in [2.05, 4.69) is 5.10 Å². The molecule has 0 spiro atoms. The van der Waals surface area contributed by atoms with Crippen molar-refractivity contribution in [2.45, 2.75) is 36.9 Å². The Morgan fingerprint density at radius 2 is 1.59 bits per heavy atom. The first-order chi connectivity index (χ1) is 24.3. The monoisotopic (exact) mass is 727 g/mol. The first kappa shape index (κ1) is 33.5. The largest absolute Gasteiger partial charge is 0.445 e. The van der Waals surface area contributed by atoms with Gasteiger partial charge in [-0.15, -0.1) is 0 Å². The minimum Gasteiger partial charge on any atom is -0.445 e. The number of aromatic nitrogens is 4. The number of aryl methyl sites for hydroxylation is 1. The van der Waals surface area contributed by atoms with Gasteiger partial charge in [0.15, 0.2) is 5.69 Å². The lowest BCUT2D eigenvalue weighted by Crippen LogP contribution is -2.45. The number of hydrogen-bond acceptors (Lipinski definition) is 10. The first-order valence-electron chi connectivity index (χ1n) is 15.5. The van der Waals surface area contributed by atoms with Crippen LogP contribution in [-0.2, 0) is 20.9 Å². The maximum absolute atomic E-state index is 13.6. The van der Waals surface area contributed by atoms with Crippen LogP contribution < -0.4 is 14.6 Å². The van der Waals surface area contributed by atoms with Gasteiger partial charge < -0.3 is 9.57 Å². The van der Waals surface area contributed by atoms with Gasteiger partial charge in [0.2, 0.25) is 6.73 Å². The highest BCUT2D eigenvalue weighted by atomic mass is 32.2. The fourth-order valence-electron chi connectivity index (χ4n) is 5.63. The topological polar surface area (TPSA) is 163 Å². The predicted octanol–water partition coefficient (Wildman–Crippen LogP) is 3.96. The van der Waals surface area contributed by atoms with E-state index in [0.717, 1.165) is 38.4 Å². The maximum Gasteiger partial charge on any atom is 0.435 e. The fraction of sp³-hybridized carbons (Fsp3) is 0.250. The molecular formula is C32H28F3N7O8S. The average Bonchev–Trinajstić information content (AvgIpc) is 3.65. The van der Waals surface area contributed by atoms with E-state index in [1.807, 2.05) is 11.6 Å². The summed E-state index contributed by atoms with van der Waals surface area (Å²) in [5, 5.41) is 6.41. The Kier molecular flexibility index (Phi) is 8.36.